The highest BCUT2D eigenvalue weighted by Gasteiger charge is 2.13. The van der Waals surface area contributed by atoms with Crippen molar-refractivity contribution in [3.05, 3.63) is 29.8 Å². The molecular weight excluding hydrogens is 242 g/mol. The number of thioether (sulfide) groups is 1. The highest BCUT2D eigenvalue weighted by atomic mass is 32.2. The van der Waals surface area contributed by atoms with Gasteiger partial charge in [-0.15, -0.1) is 11.8 Å². The lowest BCUT2D eigenvalue weighted by molar-refractivity contribution is 0.0728. The Kier molecular flexibility index (Phi) is 5.54. The quantitative estimate of drug-likeness (QED) is 0.824. The van der Waals surface area contributed by atoms with Crippen molar-refractivity contribution in [1.29, 1.82) is 0 Å². The summed E-state index contributed by atoms with van der Waals surface area (Å²) in [5, 5.41) is 3.26. The van der Waals surface area contributed by atoms with Gasteiger partial charge >= 0.3 is 0 Å². The summed E-state index contributed by atoms with van der Waals surface area (Å²) in [5.74, 6) is 2.06. The second kappa shape index (κ2) is 7.17. The van der Waals surface area contributed by atoms with Gasteiger partial charge in [0.2, 0.25) is 0 Å². The summed E-state index contributed by atoms with van der Waals surface area (Å²) in [6.45, 7) is 4.08. The Morgan fingerprint density at radius 1 is 1.28 bits per heavy atom. The second-order valence-electron chi connectivity index (χ2n) is 4.95. The van der Waals surface area contributed by atoms with Crippen molar-refractivity contribution in [2.24, 2.45) is 5.92 Å². The normalized spacial score (nSPS) is 18.8. The van der Waals surface area contributed by atoms with Gasteiger partial charge in [-0.1, -0.05) is 12.1 Å². The number of ether oxygens (including phenoxy) is 1. The molecule has 0 aromatic heterocycles. The molecule has 0 saturated carbocycles. The highest BCUT2D eigenvalue weighted by molar-refractivity contribution is 7.99. The van der Waals surface area contributed by atoms with Crippen LogP contribution in [0.5, 0.6) is 0 Å². The standard InChI is InChI=1S/C15H23NOS/c1-12(16-2)14-3-5-15(6-4-14)18-11-13-7-9-17-10-8-13/h3-6,12-13,16H,7-11H2,1-2H3. The van der Waals surface area contributed by atoms with Gasteiger partial charge in [-0.2, -0.15) is 0 Å². The molecule has 1 saturated heterocycles. The van der Waals surface area contributed by atoms with Crippen LogP contribution < -0.4 is 5.32 Å². The smallest absolute Gasteiger partial charge is 0.0468 e. The predicted octanol–water partition coefficient (Wildman–Crippen LogP) is 3.49. The maximum absolute atomic E-state index is 5.39. The molecule has 100 valence electrons. The molecule has 3 heteroatoms. The van der Waals surface area contributed by atoms with Crippen LogP contribution in [0.3, 0.4) is 0 Å². The number of benzene rings is 1. The van der Waals surface area contributed by atoms with Crippen LogP contribution in [0.1, 0.15) is 31.4 Å². The lowest BCUT2D eigenvalue weighted by Gasteiger charge is -2.21. The predicted molar refractivity (Wildman–Crippen MR) is 78.2 cm³/mol. The van der Waals surface area contributed by atoms with Crippen molar-refractivity contribution in [3.63, 3.8) is 0 Å². The number of hydrogen-bond acceptors (Lipinski definition) is 3. The number of hydrogen-bond donors (Lipinski definition) is 1. The molecule has 2 rings (SSSR count). The van der Waals surface area contributed by atoms with Crippen LogP contribution in [-0.2, 0) is 4.74 Å². The monoisotopic (exact) mass is 265 g/mol. The third kappa shape index (κ3) is 4.01. The Hall–Kier alpha value is -0.510. The van der Waals surface area contributed by atoms with E-state index < -0.39 is 0 Å². The van der Waals surface area contributed by atoms with Gasteiger partial charge in [0.1, 0.15) is 0 Å². The van der Waals surface area contributed by atoms with Crippen LogP contribution >= 0.6 is 11.8 Å². The summed E-state index contributed by atoms with van der Waals surface area (Å²) in [5.41, 5.74) is 1.35. The van der Waals surface area contributed by atoms with E-state index in [0.717, 1.165) is 19.1 Å². The fourth-order valence-electron chi connectivity index (χ4n) is 2.15. The molecule has 18 heavy (non-hydrogen) atoms. The molecule has 0 amide bonds. The zero-order valence-electron chi connectivity index (χ0n) is 11.3. The average molecular weight is 265 g/mol. The molecule has 1 aliphatic heterocycles. The molecular formula is C15H23NOS. The Labute approximate surface area is 114 Å². The maximum atomic E-state index is 5.39. The van der Waals surface area contributed by atoms with Crippen molar-refractivity contribution in [1.82, 2.24) is 5.32 Å². The Balaban J connectivity index is 1.82. The molecule has 0 spiro atoms. The van der Waals surface area contributed by atoms with Crippen LogP contribution in [0.4, 0.5) is 0 Å². The molecule has 1 heterocycles. The van der Waals surface area contributed by atoms with Crippen molar-refractivity contribution >= 4 is 11.8 Å². The van der Waals surface area contributed by atoms with Crippen LogP contribution in [0.25, 0.3) is 0 Å². The van der Waals surface area contributed by atoms with Gasteiger partial charge in [0.25, 0.3) is 0 Å². The second-order valence-corrected chi connectivity index (χ2v) is 6.04. The third-order valence-electron chi connectivity index (χ3n) is 3.64. The molecule has 0 bridgehead atoms. The first kappa shape index (κ1) is 13.9. The summed E-state index contributed by atoms with van der Waals surface area (Å²) in [6.07, 6.45) is 2.45. The van der Waals surface area contributed by atoms with E-state index in [4.69, 9.17) is 4.74 Å². The summed E-state index contributed by atoms with van der Waals surface area (Å²) in [6, 6.07) is 9.38. The van der Waals surface area contributed by atoms with Crippen LogP contribution in [0.2, 0.25) is 0 Å². The fraction of sp³-hybridized carbons (Fsp3) is 0.600. The van der Waals surface area contributed by atoms with E-state index in [1.54, 1.807) is 0 Å². The molecule has 0 aliphatic carbocycles. The van der Waals surface area contributed by atoms with E-state index in [2.05, 4.69) is 36.5 Å². The first-order chi connectivity index (χ1) is 8.79. The van der Waals surface area contributed by atoms with Crippen LogP contribution in [0, 0.1) is 5.92 Å². The fourth-order valence-corrected chi connectivity index (χ4v) is 3.24. The summed E-state index contributed by atoms with van der Waals surface area (Å²) < 4.78 is 5.39. The van der Waals surface area contributed by atoms with Crippen LogP contribution in [-0.4, -0.2) is 26.0 Å². The Morgan fingerprint density at radius 2 is 1.94 bits per heavy atom. The summed E-state index contributed by atoms with van der Waals surface area (Å²) in [7, 11) is 2.00. The molecule has 1 N–H and O–H groups in total. The topological polar surface area (TPSA) is 21.3 Å². The SMILES string of the molecule is CNC(C)c1ccc(SCC2CCOCC2)cc1. The molecule has 1 aromatic carbocycles. The third-order valence-corrected chi connectivity index (χ3v) is 4.88. The van der Waals surface area contributed by atoms with E-state index >= 15 is 0 Å². The molecule has 0 radical (unpaired) electrons. The van der Waals surface area contributed by atoms with E-state index in [1.807, 2.05) is 18.8 Å². The molecule has 1 atom stereocenters. The minimum Gasteiger partial charge on any atom is -0.381 e. The maximum Gasteiger partial charge on any atom is 0.0468 e. The first-order valence-electron chi connectivity index (χ1n) is 6.77. The zero-order chi connectivity index (χ0) is 12.8. The van der Waals surface area contributed by atoms with E-state index in [-0.39, 0.29) is 0 Å². The molecule has 1 fully saturated rings. The van der Waals surface area contributed by atoms with Crippen molar-refractivity contribution in [2.45, 2.75) is 30.7 Å². The average Bonchev–Trinajstić information content (AvgIpc) is 2.46. The van der Waals surface area contributed by atoms with E-state index in [9.17, 15) is 0 Å². The Morgan fingerprint density at radius 3 is 2.56 bits per heavy atom. The van der Waals surface area contributed by atoms with Gasteiger partial charge in [0.15, 0.2) is 0 Å². The number of rotatable bonds is 5. The molecule has 1 aliphatic rings. The minimum absolute atomic E-state index is 0.430. The summed E-state index contributed by atoms with van der Waals surface area (Å²) >= 11 is 1.98. The largest absolute Gasteiger partial charge is 0.381 e. The lowest BCUT2D eigenvalue weighted by atomic mass is 10.0. The summed E-state index contributed by atoms with van der Waals surface area (Å²) in [4.78, 5) is 1.38. The van der Waals surface area contributed by atoms with Crippen molar-refractivity contribution in [2.75, 3.05) is 26.0 Å². The van der Waals surface area contributed by atoms with Gasteiger partial charge in [-0.3, -0.25) is 0 Å². The van der Waals surface area contributed by atoms with E-state index in [0.29, 0.717) is 6.04 Å². The number of nitrogens with one attached hydrogen (secondary N) is 1. The molecule has 1 unspecified atom stereocenters. The first-order valence-corrected chi connectivity index (χ1v) is 7.76. The van der Waals surface area contributed by atoms with Gasteiger partial charge < -0.3 is 10.1 Å². The molecule has 2 nitrogen and oxygen atoms in total. The lowest BCUT2D eigenvalue weighted by Crippen LogP contribution is -2.17. The molecule has 1 aromatic rings. The van der Waals surface area contributed by atoms with Crippen molar-refractivity contribution in [3.8, 4) is 0 Å². The zero-order valence-corrected chi connectivity index (χ0v) is 12.1. The van der Waals surface area contributed by atoms with Gasteiger partial charge in [0, 0.05) is 29.9 Å². The van der Waals surface area contributed by atoms with Gasteiger partial charge in [0.05, 0.1) is 0 Å². The highest BCUT2D eigenvalue weighted by Crippen LogP contribution is 2.26. The van der Waals surface area contributed by atoms with Gasteiger partial charge in [-0.25, -0.2) is 0 Å². The Bertz CT molecular complexity index is 346. The van der Waals surface area contributed by atoms with Crippen molar-refractivity contribution < 1.29 is 4.74 Å². The van der Waals surface area contributed by atoms with E-state index in [1.165, 1.54) is 29.1 Å². The van der Waals surface area contributed by atoms with Crippen LogP contribution in [0.15, 0.2) is 29.2 Å². The van der Waals surface area contributed by atoms with Gasteiger partial charge in [-0.05, 0) is 50.4 Å². The minimum atomic E-state index is 0.430.